The van der Waals surface area contributed by atoms with Gasteiger partial charge in [-0.1, -0.05) is 0 Å². The van der Waals surface area contributed by atoms with Crippen LogP contribution in [-0.2, 0) is 0 Å². The second-order valence-electron chi connectivity index (χ2n) is 7.04. The molecule has 0 fully saturated rings. The third-order valence-electron chi connectivity index (χ3n) is 4.44. The quantitative estimate of drug-likeness (QED) is 0.146. The van der Waals surface area contributed by atoms with Gasteiger partial charge in [-0.3, -0.25) is 15.8 Å². The summed E-state index contributed by atoms with van der Waals surface area (Å²) in [6.45, 7) is 2.49. The van der Waals surface area contributed by atoms with Crippen molar-refractivity contribution in [2.24, 2.45) is 22.2 Å². The third kappa shape index (κ3) is 9.33. The molecular weight excluding hydrogens is 408 g/mol. The molecule has 172 valence electrons. The van der Waals surface area contributed by atoms with Gasteiger partial charge in [0.15, 0.2) is 5.96 Å². The number of nitrogen functional groups attached to an aromatic ring is 2. The topological polar surface area (TPSA) is 182 Å². The number of ether oxygens (including phenoxy) is 2. The highest BCUT2D eigenvalue weighted by atomic mass is 16.5. The number of amidine groups is 2. The summed E-state index contributed by atoms with van der Waals surface area (Å²) in [6, 6.07) is 10.6. The standard InChI is InChI=1S/C22H32N8O2/c23-20(24)16-5-8-18(9-6-16)31-13-3-1-11-28-22(27)29-12-2-4-14-32-19-10-7-17(15-30-19)21(25)26/h5-10,15H,1-4,11-14H2,(H3,23,24)(H3,25,26)(H3,27,28,29). The van der Waals surface area contributed by atoms with Crippen LogP contribution in [0.2, 0.25) is 0 Å². The molecule has 10 heteroatoms. The summed E-state index contributed by atoms with van der Waals surface area (Å²) in [5, 5.41) is 17.8. The molecule has 2 aromatic rings. The SMILES string of the molecule is N=C(N)c1ccc(OCCCCN=C(N)NCCCCOc2ccc(C(=N)N)cn2)cc1. The number of aliphatic imine (C=N–C) groups is 1. The molecule has 32 heavy (non-hydrogen) atoms. The smallest absolute Gasteiger partial charge is 0.213 e. The number of rotatable bonds is 14. The molecule has 0 saturated carbocycles. The Morgan fingerprint density at radius 1 is 0.844 bits per heavy atom. The lowest BCUT2D eigenvalue weighted by molar-refractivity contribution is 0.295. The maximum atomic E-state index is 7.37. The van der Waals surface area contributed by atoms with Gasteiger partial charge in [0.2, 0.25) is 5.88 Å². The number of nitrogens with two attached hydrogens (primary N) is 3. The van der Waals surface area contributed by atoms with E-state index in [1.165, 1.54) is 6.20 Å². The molecule has 0 unspecified atom stereocenters. The molecule has 9 N–H and O–H groups in total. The fourth-order valence-corrected chi connectivity index (χ4v) is 2.64. The van der Waals surface area contributed by atoms with Crippen LogP contribution in [0.15, 0.2) is 47.6 Å². The Kier molecular flexibility index (Phi) is 10.3. The van der Waals surface area contributed by atoms with Gasteiger partial charge in [-0.15, -0.1) is 0 Å². The van der Waals surface area contributed by atoms with E-state index >= 15 is 0 Å². The Morgan fingerprint density at radius 3 is 2.16 bits per heavy atom. The van der Waals surface area contributed by atoms with E-state index in [2.05, 4.69) is 15.3 Å². The maximum Gasteiger partial charge on any atom is 0.213 e. The first kappa shape index (κ1) is 24.4. The summed E-state index contributed by atoms with van der Waals surface area (Å²) in [5.74, 6) is 1.74. The molecule has 0 saturated heterocycles. The second-order valence-corrected chi connectivity index (χ2v) is 7.04. The minimum absolute atomic E-state index is 0.0139. The Balaban J connectivity index is 1.47. The van der Waals surface area contributed by atoms with Crippen molar-refractivity contribution in [3.8, 4) is 11.6 Å². The molecule has 0 amide bonds. The van der Waals surface area contributed by atoms with Crippen LogP contribution in [0.25, 0.3) is 0 Å². The van der Waals surface area contributed by atoms with Gasteiger partial charge in [-0.05, 0) is 56.0 Å². The van der Waals surface area contributed by atoms with E-state index in [0.717, 1.165) is 38.0 Å². The maximum absolute atomic E-state index is 7.37. The normalized spacial score (nSPS) is 11.1. The van der Waals surface area contributed by atoms with Crippen LogP contribution in [-0.4, -0.2) is 48.9 Å². The van der Waals surface area contributed by atoms with Gasteiger partial charge in [0, 0.05) is 36.5 Å². The van der Waals surface area contributed by atoms with E-state index in [-0.39, 0.29) is 11.7 Å². The van der Waals surface area contributed by atoms with Crippen molar-refractivity contribution in [3.05, 3.63) is 53.7 Å². The van der Waals surface area contributed by atoms with Crippen LogP contribution in [0.5, 0.6) is 11.6 Å². The van der Waals surface area contributed by atoms with Crippen molar-refractivity contribution >= 4 is 17.6 Å². The van der Waals surface area contributed by atoms with Crippen molar-refractivity contribution in [2.45, 2.75) is 25.7 Å². The molecule has 0 aliphatic heterocycles. The molecule has 0 bridgehead atoms. The first-order valence-corrected chi connectivity index (χ1v) is 10.5. The summed E-state index contributed by atoms with van der Waals surface area (Å²) in [6.07, 6.45) is 5.00. The molecular formula is C22H32N8O2. The number of nitrogens with zero attached hydrogens (tertiary/aromatic N) is 2. The average molecular weight is 441 g/mol. The fraction of sp³-hybridized carbons (Fsp3) is 0.364. The van der Waals surface area contributed by atoms with Crippen LogP contribution in [0.1, 0.15) is 36.8 Å². The predicted octanol–water partition coefficient (Wildman–Crippen LogP) is 1.57. The molecule has 0 spiro atoms. The number of aromatic nitrogens is 1. The molecule has 2 rings (SSSR count). The van der Waals surface area contributed by atoms with Crippen LogP contribution in [0.3, 0.4) is 0 Å². The summed E-state index contributed by atoms with van der Waals surface area (Å²) in [7, 11) is 0. The van der Waals surface area contributed by atoms with Gasteiger partial charge in [0.1, 0.15) is 17.4 Å². The van der Waals surface area contributed by atoms with Crippen molar-refractivity contribution in [2.75, 3.05) is 26.3 Å². The molecule has 0 aliphatic carbocycles. The summed E-state index contributed by atoms with van der Waals surface area (Å²) < 4.78 is 11.2. The lowest BCUT2D eigenvalue weighted by Gasteiger charge is -2.08. The predicted molar refractivity (Wildman–Crippen MR) is 127 cm³/mol. The molecule has 0 radical (unpaired) electrons. The third-order valence-corrected chi connectivity index (χ3v) is 4.44. The Labute approximate surface area is 188 Å². The van der Waals surface area contributed by atoms with E-state index < -0.39 is 0 Å². The number of hydrogen-bond acceptors (Lipinski definition) is 6. The monoisotopic (exact) mass is 440 g/mol. The molecule has 0 atom stereocenters. The van der Waals surface area contributed by atoms with Crippen LogP contribution in [0, 0.1) is 10.8 Å². The molecule has 10 nitrogen and oxygen atoms in total. The lowest BCUT2D eigenvalue weighted by Crippen LogP contribution is -2.32. The van der Waals surface area contributed by atoms with Crippen molar-refractivity contribution in [1.29, 1.82) is 10.8 Å². The van der Waals surface area contributed by atoms with Crippen LogP contribution < -0.4 is 32.0 Å². The first-order valence-electron chi connectivity index (χ1n) is 10.5. The van der Waals surface area contributed by atoms with E-state index in [9.17, 15) is 0 Å². The minimum Gasteiger partial charge on any atom is -0.494 e. The number of pyridine rings is 1. The van der Waals surface area contributed by atoms with E-state index in [0.29, 0.717) is 42.7 Å². The zero-order chi connectivity index (χ0) is 23.2. The lowest BCUT2D eigenvalue weighted by atomic mass is 10.2. The highest BCUT2D eigenvalue weighted by molar-refractivity contribution is 5.95. The zero-order valence-corrected chi connectivity index (χ0v) is 18.1. The number of guanidine groups is 1. The van der Waals surface area contributed by atoms with Gasteiger partial charge in [0.25, 0.3) is 0 Å². The molecule has 1 aromatic heterocycles. The van der Waals surface area contributed by atoms with Gasteiger partial charge in [0.05, 0.1) is 13.2 Å². The summed E-state index contributed by atoms with van der Waals surface area (Å²) in [4.78, 5) is 8.42. The Morgan fingerprint density at radius 2 is 1.50 bits per heavy atom. The van der Waals surface area contributed by atoms with Gasteiger partial charge < -0.3 is 32.0 Å². The minimum atomic E-state index is -0.0139. The highest BCUT2D eigenvalue weighted by Gasteiger charge is 2.00. The first-order chi connectivity index (χ1) is 15.5. The van der Waals surface area contributed by atoms with Gasteiger partial charge >= 0.3 is 0 Å². The van der Waals surface area contributed by atoms with Crippen LogP contribution in [0.4, 0.5) is 0 Å². The zero-order valence-electron chi connectivity index (χ0n) is 18.1. The van der Waals surface area contributed by atoms with E-state index in [1.807, 2.05) is 12.1 Å². The number of nitrogens with one attached hydrogen (secondary N) is 3. The summed E-state index contributed by atoms with van der Waals surface area (Å²) >= 11 is 0. The van der Waals surface area contributed by atoms with Crippen molar-refractivity contribution in [1.82, 2.24) is 10.3 Å². The summed E-state index contributed by atoms with van der Waals surface area (Å²) in [5.41, 5.74) is 17.9. The number of unbranched alkanes of at least 4 members (excludes halogenated alkanes) is 2. The van der Waals surface area contributed by atoms with Crippen LogP contribution >= 0.6 is 0 Å². The molecule has 1 heterocycles. The fourth-order valence-electron chi connectivity index (χ4n) is 2.64. The Bertz CT molecular complexity index is 882. The van der Waals surface area contributed by atoms with Crippen molar-refractivity contribution in [3.63, 3.8) is 0 Å². The molecule has 1 aromatic carbocycles. The van der Waals surface area contributed by atoms with Gasteiger partial charge in [-0.2, -0.15) is 0 Å². The Hall–Kier alpha value is -3.82. The second kappa shape index (κ2) is 13.5. The number of hydrogen-bond donors (Lipinski definition) is 6. The largest absolute Gasteiger partial charge is 0.494 e. The van der Waals surface area contributed by atoms with Crippen molar-refractivity contribution < 1.29 is 9.47 Å². The number of benzene rings is 1. The molecule has 0 aliphatic rings. The van der Waals surface area contributed by atoms with Gasteiger partial charge in [-0.25, -0.2) is 4.98 Å². The van der Waals surface area contributed by atoms with E-state index in [1.54, 1.807) is 24.3 Å². The average Bonchev–Trinajstić information content (AvgIpc) is 2.79. The van der Waals surface area contributed by atoms with E-state index in [4.69, 9.17) is 37.5 Å². The highest BCUT2D eigenvalue weighted by Crippen LogP contribution is 2.12.